The van der Waals surface area contributed by atoms with Gasteiger partial charge >= 0.3 is 0 Å². The Kier molecular flexibility index (Phi) is 8.22. The number of benzene rings is 1. The minimum atomic E-state index is 0.0306. The van der Waals surface area contributed by atoms with E-state index in [2.05, 4.69) is 5.32 Å². The van der Waals surface area contributed by atoms with E-state index in [9.17, 15) is 0 Å². The molecule has 1 unspecified atom stereocenters. The third-order valence-corrected chi connectivity index (χ3v) is 3.32. The van der Waals surface area contributed by atoms with Crippen LogP contribution in [0.25, 0.3) is 0 Å². The van der Waals surface area contributed by atoms with Crippen LogP contribution in [0.15, 0.2) is 18.2 Å². The normalized spacial score (nSPS) is 12.4. The molecule has 3 nitrogen and oxygen atoms in total. The van der Waals surface area contributed by atoms with Crippen LogP contribution < -0.4 is 10.1 Å². The van der Waals surface area contributed by atoms with Gasteiger partial charge in [0.1, 0.15) is 16.9 Å². The molecule has 1 rings (SSSR count). The molecular formula is C14H21Cl2NO2. The summed E-state index contributed by atoms with van der Waals surface area (Å²) in [6.07, 6.45) is 1.03. The van der Waals surface area contributed by atoms with Crippen LogP contribution in [0.2, 0.25) is 10.0 Å². The molecule has 0 saturated heterocycles. The van der Waals surface area contributed by atoms with E-state index in [0.29, 0.717) is 15.8 Å². The summed E-state index contributed by atoms with van der Waals surface area (Å²) in [5.41, 5.74) is 0. The molecule has 0 saturated carbocycles. The fourth-order valence-electron chi connectivity index (χ4n) is 1.58. The van der Waals surface area contributed by atoms with Crippen LogP contribution in [0.3, 0.4) is 0 Å². The van der Waals surface area contributed by atoms with Gasteiger partial charge in [0, 0.05) is 19.8 Å². The maximum atomic E-state index is 6.06. The van der Waals surface area contributed by atoms with E-state index in [0.717, 1.165) is 32.7 Å². The van der Waals surface area contributed by atoms with Crippen LogP contribution in [0, 0.1) is 0 Å². The molecule has 0 spiro atoms. The largest absolute Gasteiger partial charge is 0.488 e. The Labute approximate surface area is 125 Å². The monoisotopic (exact) mass is 305 g/mol. The summed E-state index contributed by atoms with van der Waals surface area (Å²) in [5.74, 6) is 0.623. The Balaban J connectivity index is 2.23. The predicted octanol–water partition coefficient (Wildman–Crippen LogP) is 3.78. The molecule has 0 aliphatic heterocycles. The second kappa shape index (κ2) is 9.43. The molecular weight excluding hydrogens is 285 g/mol. The second-order valence-corrected chi connectivity index (χ2v) is 5.02. The maximum Gasteiger partial charge on any atom is 0.139 e. The Morgan fingerprint density at radius 3 is 2.84 bits per heavy atom. The molecule has 19 heavy (non-hydrogen) atoms. The quantitative estimate of drug-likeness (QED) is 0.704. The fourth-order valence-corrected chi connectivity index (χ4v) is 1.92. The summed E-state index contributed by atoms with van der Waals surface area (Å²) >= 11 is 12.0. The van der Waals surface area contributed by atoms with Gasteiger partial charge in [-0.25, -0.2) is 0 Å². The van der Waals surface area contributed by atoms with Crippen molar-refractivity contribution in [1.82, 2.24) is 5.32 Å². The van der Waals surface area contributed by atoms with Crippen LogP contribution in [-0.4, -0.2) is 32.4 Å². The standard InChI is InChI=1S/C14H21Cl2NO2/c1-3-18-9-5-8-17-10-11(2)19-13-7-4-6-12(15)14(13)16/h4,6-7,11,17H,3,5,8-10H2,1-2H3. The molecule has 0 fully saturated rings. The van der Waals surface area contributed by atoms with E-state index in [1.807, 2.05) is 26.0 Å². The average molecular weight is 306 g/mol. The lowest BCUT2D eigenvalue weighted by molar-refractivity contribution is 0.143. The average Bonchev–Trinajstić information content (AvgIpc) is 2.39. The minimum absolute atomic E-state index is 0.0306. The van der Waals surface area contributed by atoms with Crippen LogP contribution in [0.1, 0.15) is 20.3 Å². The van der Waals surface area contributed by atoms with Gasteiger partial charge < -0.3 is 14.8 Å². The summed E-state index contributed by atoms with van der Waals surface area (Å²) in [6.45, 7) is 7.22. The number of rotatable bonds is 9. The van der Waals surface area contributed by atoms with E-state index < -0.39 is 0 Å². The van der Waals surface area contributed by atoms with Crippen molar-refractivity contribution in [3.8, 4) is 5.75 Å². The first-order valence-corrected chi connectivity index (χ1v) is 7.29. The van der Waals surface area contributed by atoms with Crippen LogP contribution in [0.5, 0.6) is 5.75 Å². The maximum absolute atomic E-state index is 6.06. The molecule has 0 aliphatic carbocycles. The van der Waals surface area contributed by atoms with Gasteiger partial charge in [-0.1, -0.05) is 29.3 Å². The van der Waals surface area contributed by atoms with Crippen molar-refractivity contribution < 1.29 is 9.47 Å². The van der Waals surface area contributed by atoms with Crippen molar-refractivity contribution in [3.05, 3.63) is 28.2 Å². The first-order valence-electron chi connectivity index (χ1n) is 6.54. The van der Waals surface area contributed by atoms with E-state index >= 15 is 0 Å². The van der Waals surface area contributed by atoms with Crippen molar-refractivity contribution in [1.29, 1.82) is 0 Å². The molecule has 0 radical (unpaired) electrons. The second-order valence-electron chi connectivity index (χ2n) is 4.24. The van der Waals surface area contributed by atoms with Gasteiger partial charge in [0.2, 0.25) is 0 Å². The minimum Gasteiger partial charge on any atom is -0.488 e. The van der Waals surface area contributed by atoms with Crippen molar-refractivity contribution >= 4 is 23.2 Å². The van der Waals surface area contributed by atoms with Gasteiger partial charge in [-0.15, -0.1) is 0 Å². The van der Waals surface area contributed by atoms with Gasteiger partial charge in [0.15, 0.2) is 0 Å². The SMILES string of the molecule is CCOCCCNCC(C)Oc1cccc(Cl)c1Cl. The molecule has 5 heteroatoms. The van der Waals surface area contributed by atoms with E-state index in [4.69, 9.17) is 32.7 Å². The molecule has 1 aromatic carbocycles. The Morgan fingerprint density at radius 1 is 1.32 bits per heavy atom. The van der Waals surface area contributed by atoms with Crippen LogP contribution >= 0.6 is 23.2 Å². The topological polar surface area (TPSA) is 30.5 Å². The summed E-state index contributed by atoms with van der Waals surface area (Å²) < 4.78 is 11.0. The van der Waals surface area contributed by atoms with Crippen LogP contribution in [-0.2, 0) is 4.74 Å². The third kappa shape index (κ3) is 6.48. The lowest BCUT2D eigenvalue weighted by atomic mass is 10.3. The molecule has 0 heterocycles. The highest BCUT2D eigenvalue weighted by atomic mass is 35.5. The van der Waals surface area contributed by atoms with Crippen molar-refractivity contribution in [2.45, 2.75) is 26.4 Å². The van der Waals surface area contributed by atoms with E-state index in [1.165, 1.54) is 0 Å². The number of hydrogen-bond acceptors (Lipinski definition) is 3. The molecule has 0 bridgehead atoms. The van der Waals surface area contributed by atoms with Gasteiger partial charge in [0.05, 0.1) is 5.02 Å². The highest BCUT2D eigenvalue weighted by Gasteiger charge is 2.09. The summed E-state index contributed by atoms with van der Waals surface area (Å²) in [5, 5.41) is 4.29. The molecule has 0 aliphatic rings. The molecule has 0 aromatic heterocycles. The lowest BCUT2D eigenvalue weighted by Gasteiger charge is -2.16. The van der Waals surface area contributed by atoms with Crippen LogP contribution in [0.4, 0.5) is 0 Å². The van der Waals surface area contributed by atoms with Crippen molar-refractivity contribution in [2.24, 2.45) is 0 Å². The molecule has 0 amide bonds. The zero-order chi connectivity index (χ0) is 14.1. The van der Waals surface area contributed by atoms with Gasteiger partial charge in [-0.05, 0) is 38.9 Å². The van der Waals surface area contributed by atoms with Gasteiger partial charge in [0.25, 0.3) is 0 Å². The number of nitrogens with one attached hydrogen (secondary N) is 1. The highest BCUT2D eigenvalue weighted by Crippen LogP contribution is 2.31. The highest BCUT2D eigenvalue weighted by molar-refractivity contribution is 6.42. The summed E-state index contributed by atoms with van der Waals surface area (Å²) in [4.78, 5) is 0. The summed E-state index contributed by atoms with van der Waals surface area (Å²) in [7, 11) is 0. The van der Waals surface area contributed by atoms with Crippen molar-refractivity contribution in [3.63, 3.8) is 0 Å². The zero-order valence-corrected chi connectivity index (χ0v) is 12.9. The van der Waals surface area contributed by atoms with E-state index in [-0.39, 0.29) is 6.10 Å². The third-order valence-electron chi connectivity index (χ3n) is 2.52. The smallest absolute Gasteiger partial charge is 0.139 e. The van der Waals surface area contributed by atoms with Gasteiger partial charge in [-0.3, -0.25) is 0 Å². The number of ether oxygens (including phenoxy) is 2. The molecule has 1 N–H and O–H groups in total. The van der Waals surface area contributed by atoms with Crippen molar-refractivity contribution in [2.75, 3.05) is 26.3 Å². The van der Waals surface area contributed by atoms with E-state index in [1.54, 1.807) is 6.07 Å². The molecule has 108 valence electrons. The Bertz CT molecular complexity index is 374. The molecule has 1 aromatic rings. The van der Waals surface area contributed by atoms with Gasteiger partial charge in [-0.2, -0.15) is 0 Å². The zero-order valence-electron chi connectivity index (χ0n) is 11.4. The Morgan fingerprint density at radius 2 is 2.11 bits per heavy atom. The Hall–Kier alpha value is -0.480. The first kappa shape index (κ1) is 16.6. The number of halogens is 2. The fraction of sp³-hybridized carbons (Fsp3) is 0.571. The lowest BCUT2D eigenvalue weighted by Crippen LogP contribution is -2.30. The number of hydrogen-bond donors (Lipinski definition) is 1. The first-order chi connectivity index (χ1) is 9.15. The summed E-state index contributed by atoms with van der Waals surface area (Å²) in [6, 6.07) is 5.39. The molecule has 1 atom stereocenters. The predicted molar refractivity (Wildman–Crippen MR) is 80.5 cm³/mol.